The molecule has 0 fully saturated rings. The summed E-state index contributed by atoms with van der Waals surface area (Å²) >= 11 is 0. The van der Waals surface area contributed by atoms with Gasteiger partial charge in [-0.15, -0.1) is 0 Å². The lowest BCUT2D eigenvalue weighted by atomic mass is 10.2. The number of fused-ring (bicyclic) bond motifs is 1. The minimum Gasteiger partial charge on any atom is -0.399 e. The first kappa shape index (κ1) is 13.5. The number of aromatic nitrogens is 2. The average Bonchev–Trinajstić information content (AvgIpc) is 2.80. The van der Waals surface area contributed by atoms with Crippen molar-refractivity contribution in [1.29, 1.82) is 0 Å². The van der Waals surface area contributed by atoms with Gasteiger partial charge in [0.15, 0.2) is 11.6 Å². The Labute approximate surface area is 118 Å². The molecule has 0 atom stereocenters. The van der Waals surface area contributed by atoms with Crippen LogP contribution in [0, 0.1) is 17.5 Å². The van der Waals surface area contributed by atoms with Gasteiger partial charge in [0.05, 0.1) is 16.7 Å². The molecule has 3 nitrogen and oxygen atoms in total. The molecule has 0 saturated heterocycles. The number of hydrogen-bond donors (Lipinski definition) is 1. The third-order valence-corrected chi connectivity index (χ3v) is 3.28. The number of anilines is 1. The number of nitrogens with zero attached hydrogens (tertiary/aromatic N) is 2. The van der Waals surface area contributed by atoms with E-state index in [9.17, 15) is 13.2 Å². The van der Waals surface area contributed by atoms with E-state index in [2.05, 4.69) is 4.98 Å². The smallest absolute Gasteiger partial charge is 0.183 e. The molecule has 0 aliphatic carbocycles. The first-order chi connectivity index (χ1) is 10.0. The molecule has 108 valence electrons. The van der Waals surface area contributed by atoms with Crippen LogP contribution in [0.15, 0.2) is 30.3 Å². The zero-order valence-electron chi connectivity index (χ0n) is 11.2. The van der Waals surface area contributed by atoms with E-state index in [-0.39, 0.29) is 5.69 Å². The first-order valence-electron chi connectivity index (χ1n) is 6.43. The summed E-state index contributed by atoms with van der Waals surface area (Å²) in [5.74, 6) is -2.69. The van der Waals surface area contributed by atoms with Crippen molar-refractivity contribution in [2.45, 2.75) is 13.3 Å². The topological polar surface area (TPSA) is 43.8 Å². The van der Waals surface area contributed by atoms with Crippen LogP contribution >= 0.6 is 0 Å². The highest BCUT2D eigenvalue weighted by Crippen LogP contribution is 2.27. The molecule has 0 aliphatic rings. The maximum atomic E-state index is 14.1. The van der Waals surface area contributed by atoms with Gasteiger partial charge in [0.2, 0.25) is 0 Å². The Kier molecular flexibility index (Phi) is 3.08. The molecular weight excluding hydrogens is 279 g/mol. The number of rotatable bonds is 2. The van der Waals surface area contributed by atoms with Crippen LogP contribution in [0.2, 0.25) is 0 Å². The van der Waals surface area contributed by atoms with Crippen molar-refractivity contribution in [1.82, 2.24) is 9.55 Å². The fourth-order valence-corrected chi connectivity index (χ4v) is 2.36. The molecule has 3 rings (SSSR count). The Balaban J connectivity index is 2.39. The number of nitrogens with two attached hydrogens (primary N) is 1. The lowest BCUT2D eigenvalue weighted by Gasteiger charge is -2.10. The number of halogens is 3. The third kappa shape index (κ3) is 2.12. The van der Waals surface area contributed by atoms with Gasteiger partial charge in [0.1, 0.15) is 11.6 Å². The van der Waals surface area contributed by atoms with Gasteiger partial charge in [0, 0.05) is 24.2 Å². The molecule has 0 radical (unpaired) electrons. The Morgan fingerprint density at radius 1 is 1.14 bits per heavy atom. The van der Waals surface area contributed by atoms with Crippen molar-refractivity contribution in [3.8, 4) is 5.69 Å². The van der Waals surface area contributed by atoms with Crippen LogP contribution in [0.25, 0.3) is 16.7 Å². The zero-order valence-corrected chi connectivity index (χ0v) is 11.2. The summed E-state index contributed by atoms with van der Waals surface area (Å²) in [4.78, 5) is 4.34. The quantitative estimate of drug-likeness (QED) is 0.579. The van der Waals surface area contributed by atoms with Crippen molar-refractivity contribution in [2.75, 3.05) is 5.73 Å². The summed E-state index contributed by atoms with van der Waals surface area (Å²) in [7, 11) is 0. The highest BCUT2D eigenvalue weighted by molar-refractivity contribution is 5.81. The molecule has 2 aromatic carbocycles. The van der Waals surface area contributed by atoms with E-state index in [1.807, 2.05) is 6.92 Å². The van der Waals surface area contributed by atoms with Crippen molar-refractivity contribution in [2.24, 2.45) is 0 Å². The highest BCUT2D eigenvalue weighted by atomic mass is 19.2. The highest BCUT2D eigenvalue weighted by Gasteiger charge is 2.18. The van der Waals surface area contributed by atoms with Gasteiger partial charge in [-0.3, -0.25) is 4.57 Å². The molecule has 21 heavy (non-hydrogen) atoms. The fourth-order valence-electron chi connectivity index (χ4n) is 2.36. The first-order valence-corrected chi connectivity index (χ1v) is 6.43. The second-order valence-electron chi connectivity index (χ2n) is 4.69. The van der Waals surface area contributed by atoms with E-state index in [1.165, 1.54) is 4.57 Å². The normalized spacial score (nSPS) is 11.2. The summed E-state index contributed by atoms with van der Waals surface area (Å²) in [6.07, 6.45) is 0.478. The number of imidazole rings is 1. The van der Waals surface area contributed by atoms with Gasteiger partial charge in [-0.1, -0.05) is 6.92 Å². The van der Waals surface area contributed by atoms with Crippen LogP contribution in [-0.4, -0.2) is 9.55 Å². The van der Waals surface area contributed by atoms with Gasteiger partial charge >= 0.3 is 0 Å². The second-order valence-corrected chi connectivity index (χ2v) is 4.69. The SMILES string of the molecule is CCc1nc2cc(N)ccc2n1-c1cc(F)cc(F)c1F. The predicted octanol–water partition coefficient (Wildman–Crippen LogP) is 3.59. The molecule has 2 N–H and O–H groups in total. The Bertz CT molecular complexity index is 840. The molecule has 0 spiro atoms. The summed E-state index contributed by atoms with van der Waals surface area (Å²) in [5, 5.41) is 0. The van der Waals surface area contributed by atoms with Crippen molar-refractivity contribution in [3.05, 3.63) is 53.6 Å². The van der Waals surface area contributed by atoms with Crippen LogP contribution < -0.4 is 5.73 Å². The van der Waals surface area contributed by atoms with Gasteiger partial charge < -0.3 is 5.73 Å². The molecular formula is C15H12F3N3. The Morgan fingerprint density at radius 2 is 1.90 bits per heavy atom. The van der Waals surface area contributed by atoms with Crippen LogP contribution in [-0.2, 0) is 6.42 Å². The maximum absolute atomic E-state index is 14.1. The lowest BCUT2D eigenvalue weighted by Crippen LogP contribution is -2.05. The molecule has 0 amide bonds. The summed E-state index contributed by atoms with van der Waals surface area (Å²) < 4.78 is 42.4. The summed E-state index contributed by atoms with van der Waals surface area (Å²) in [5.41, 5.74) is 7.11. The van der Waals surface area contributed by atoms with Crippen molar-refractivity contribution in [3.63, 3.8) is 0 Å². The zero-order chi connectivity index (χ0) is 15.1. The van der Waals surface area contributed by atoms with E-state index < -0.39 is 17.5 Å². The fraction of sp³-hybridized carbons (Fsp3) is 0.133. The molecule has 3 aromatic rings. The Morgan fingerprint density at radius 3 is 2.62 bits per heavy atom. The van der Waals surface area contributed by atoms with E-state index in [4.69, 9.17) is 5.73 Å². The largest absolute Gasteiger partial charge is 0.399 e. The third-order valence-electron chi connectivity index (χ3n) is 3.28. The molecule has 0 saturated carbocycles. The predicted molar refractivity (Wildman–Crippen MR) is 74.7 cm³/mol. The van der Waals surface area contributed by atoms with E-state index in [1.54, 1.807) is 18.2 Å². The van der Waals surface area contributed by atoms with Gasteiger partial charge in [-0.2, -0.15) is 0 Å². The van der Waals surface area contributed by atoms with Crippen molar-refractivity contribution >= 4 is 16.7 Å². The average molecular weight is 291 g/mol. The van der Waals surface area contributed by atoms with Crippen LogP contribution in [0.1, 0.15) is 12.7 Å². The van der Waals surface area contributed by atoms with Crippen LogP contribution in [0.5, 0.6) is 0 Å². The van der Waals surface area contributed by atoms with Crippen molar-refractivity contribution < 1.29 is 13.2 Å². The van der Waals surface area contributed by atoms with Gasteiger partial charge in [-0.05, 0) is 18.2 Å². The minimum atomic E-state index is -1.23. The number of aryl methyl sites for hydroxylation is 1. The lowest BCUT2D eigenvalue weighted by molar-refractivity contribution is 0.490. The molecule has 1 heterocycles. The van der Waals surface area contributed by atoms with E-state index >= 15 is 0 Å². The van der Waals surface area contributed by atoms with Crippen LogP contribution in [0.3, 0.4) is 0 Å². The minimum absolute atomic E-state index is 0.198. The molecule has 0 aliphatic heterocycles. The number of nitrogen functional groups attached to an aromatic ring is 1. The molecule has 1 aromatic heterocycles. The standard InChI is InChI=1S/C15H12F3N3/c1-2-14-20-11-7-9(19)3-4-12(11)21(14)13-6-8(16)5-10(17)15(13)18/h3-7H,2,19H2,1H3. The van der Waals surface area contributed by atoms with Gasteiger partial charge in [0.25, 0.3) is 0 Å². The summed E-state index contributed by atoms with van der Waals surface area (Å²) in [6, 6.07) is 6.39. The maximum Gasteiger partial charge on any atom is 0.183 e. The monoisotopic (exact) mass is 291 g/mol. The molecule has 0 unspecified atom stereocenters. The van der Waals surface area contributed by atoms with E-state index in [0.29, 0.717) is 35.0 Å². The van der Waals surface area contributed by atoms with Crippen LogP contribution in [0.4, 0.5) is 18.9 Å². The number of benzene rings is 2. The van der Waals surface area contributed by atoms with E-state index in [0.717, 1.165) is 6.07 Å². The Hall–Kier alpha value is -2.50. The summed E-state index contributed by atoms with van der Waals surface area (Å²) in [6.45, 7) is 1.83. The second kappa shape index (κ2) is 4.80. The number of hydrogen-bond acceptors (Lipinski definition) is 2. The molecule has 6 heteroatoms. The van der Waals surface area contributed by atoms with Gasteiger partial charge in [-0.25, -0.2) is 18.2 Å². The molecule has 0 bridgehead atoms.